The molecule has 0 spiro atoms. The lowest BCUT2D eigenvalue weighted by Gasteiger charge is -2.39. The third-order valence-electron chi connectivity index (χ3n) is 4.51. The Morgan fingerprint density at radius 1 is 1.21 bits per heavy atom. The van der Waals surface area contributed by atoms with Gasteiger partial charge in [-0.2, -0.15) is 0 Å². The molecule has 16 heteroatoms. The second kappa shape index (κ2) is 7.29. The molecular formula is C13H10Cl2F2N4O8. The fraction of sp³-hybridized carbons (Fsp3) is 0.385. The molecule has 0 amide bonds. The number of nitrogens with two attached hydrogens (primary N) is 1. The molecule has 0 saturated carbocycles. The zero-order valence-electron chi connectivity index (χ0n) is 14.0. The van der Waals surface area contributed by atoms with E-state index in [0.717, 1.165) is 13.2 Å². The standard InChI is InChI=1S/C13H10Cl2F2N4O8/c1-29-8-5(14)3-2-4(6(8)16)12(20(25)26)10(22)7(19(23)24)9(15)13(18,11(12)17)21(27)28/h2-3,10-11,22H,18H2,1H3. The van der Waals surface area contributed by atoms with Gasteiger partial charge in [0.1, 0.15) is 0 Å². The summed E-state index contributed by atoms with van der Waals surface area (Å²) in [5.41, 5.74) is -5.34. The minimum atomic E-state index is -3.84. The zero-order valence-corrected chi connectivity index (χ0v) is 15.6. The highest BCUT2D eigenvalue weighted by Gasteiger charge is 2.79. The van der Waals surface area contributed by atoms with Crippen molar-refractivity contribution in [2.75, 3.05) is 7.11 Å². The molecule has 1 aromatic carbocycles. The molecule has 1 aliphatic rings. The van der Waals surface area contributed by atoms with E-state index < -0.39 is 71.1 Å². The number of nitro groups is 3. The van der Waals surface area contributed by atoms with Crippen molar-refractivity contribution in [3.05, 3.63) is 69.6 Å². The van der Waals surface area contributed by atoms with Crippen LogP contribution in [-0.4, -0.2) is 44.9 Å². The number of nitrogens with zero attached hydrogens (tertiary/aromatic N) is 3. The second-order valence-corrected chi connectivity index (χ2v) is 6.61. The number of ether oxygens (including phenoxy) is 1. The number of alkyl halides is 1. The van der Waals surface area contributed by atoms with Crippen LogP contribution in [-0.2, 0) is 5.54 Å². The van der Waals surface area contributed by atoms with E-state index in [2.05, 4.69) is 4.74 Å². The number of aliphatic hydroxyl groups is 1. The van der Waals surface area contributed by atoms with Gasteiger partial charge in [-0.05, 0) is 12.1 Å². The van der Waals surface area contributed by atoms with Crippen LogP contribution in [0.4, 0.5) is 8.78 Å². The lowest BCUT2D eigenvalue weighted by molar-refractivity contribution is -0.647. The van der Waals surface area contributed by atoms with Gasteiger partial charge in [0.25, 0.3) is 6.17 Å². The van der Waals surface area contributed by atoms with Gasteiger partial charge in [-0.15, -0.1) is 0 Å². The van der Waals surface area contributed by atoms with Gasteiger partial charge in [0.2, 0.25) is 6.10 Å². The van der Waals surface area contributed by atoms with Crippen LogP contribution in [0, 0.1) is 36.2 Å². The highest BCUT2D eigenvalue weighted by Crippen LogP contribution is 2.51. The predicted molar refractivity (Wildman–Crippen MR) is 91.3 cm³/mol. The number of hydrogen-bond donors (Lipinski definition) is 2. The Morgan fingerprint density at radius 3 is 2.17 bits per heavy atom. The number of hydrogen-bond acceptors (Lipinski definition) is 9. The summed E-state index contributed by atoms with van der Waals surface area (Å²) in [4.78, 5) is 29.9. The van der Waals surface area contributed by atoms with Crippen LogP contribution < -0.4 is 10.5 Å². The summed E-state index contributed by atoms with van der Waals surface area (Å²) >= 11 is 11.2. The molecule has 0 fully saturated rings. The third-order valence-corrected chi connectivity index (χ3v) is 5.30. The molecule has 1 aromatic rings. The van der Waals surface area contributed by atoms with Gasteiger partial charge >= 0.3 is 16.9 Å². The number of methoxy groups -OCH3 is 1. The maximum atomic E-state index is 15.4. The molecule has 29 heavy (non-hydrogen) atoms. The van der Waals surface area contributed by atoms with E-state index in [4.69, 9.17) is 28.9 Å². The average Bonchev–Trinajstić information content (AvgIpc) is 2.61. The highest BCUT2D eigenvalue weighted by molar-refractivity contribution is 6.32. The van der Waals surface area contributed by atoms with E-state index in [1.165, 1.54) is 0 Å². The van der Waals surface area contributed by atoms with E-state index in [1.807, 2.05) is 0 Å². The van der Waals surface area contributed by atoms with Crippen molar-refractivity contribution in [3.8, 4) is 5.75 Å². The van der Waals surface area contributed by atoms with Crippen LogP contribution in [0.15, 0.2) is 22.9 Å². The van der Waals surface area contributed by atoms with Crippen molar-refractivity contribution < 1.29 is 33.4 Å². The van der Waals surface area contributed by atoms with Crippen LogP contribution >= 0.6 is 23.2 Å². The fourth-order valence-corrected chi connectivity index (χ4v) is 3.64. The van der Waals surface area contributed by atoms with Gasteiger partial charge in [0, 0.05) is 4.92 Å². The van der Waals surface area contributed by atoms with Gasteiger partial charge in [0.05, 0.1) is 27.5 Å². The molecule has 0 radical (unpaired) electrons. The largest absolute Gasteiger partial charge is 0.492 e. The molecule has 0 saturated heterocycles. The third kappa shape index (κ3) is 2.78. The molecule has 12 nitrogen and oxygen atoms in total. The molecular weight excluding hydrogens is 449 g/mol. The Morgan fingerprint density at radius 2 is 1.76 bits per heavy atom. The van der Waals surface area contributed by atoms with Crippen molar-refractivity contribution in [2.45, 2.75) is 23.5 Å². The number of rotatable bonds is 5. The molecule has 4 atom stereocenters. The number of aliphatic hydroxyl groups excluding tert-OH is 1. The van der Waals surface area contributed by atoms with Gasteiger partial charge in [-0.1, -0.05) is 23.2 Å². The quantitative estimate of drug-likeness (QED) is 0.372. The monoisotopic (exact) mass is 458 g/mol. The summed E-state index contributed by atoms with van der Waals surface area (Å²) in [7, 11) is 0.903. The SMILES string of the molecule is COc1c(Cl)ccc(C2([N+](=O)[O-])C(O)C([N+](=O)[O-])=C(Cl)C(N)([N+](=O)[O-])C2F)c1F. The Bertz CT molecular complexity index is 963. The molecule has 0 aliphatic heterocycles. The maximum absolute atomic E-state index is 15.4. The van der Waals surface area contributed by atoms with Crippen LogP contribution in [0.2, 0.25) is 5.02 Å². The smallest absolute Gasteiger partial charge is 0.353 e. The van der Waals surface area contributed by atoms with Crippen LogP contribution in [0.1, 0.15) is 5.56 Å². The summed E-state index contributed by atoms with van der Waals surface area (Å²) in [6.07, 6.45) is -6.64. The first-order valence-corrected chi connectivity index (χ1v) is 8.03. The lowest BCUT2D eigenvalue weighted by Crippen LogP contribution is -2.72. The fourth-order valence-electron chi connectivity index (χ4n) is 3.08. The van der Waals surface area contributed by atoms with Gasteiger partial charge in [-0.25, -0.2) is 8.78 Å². The normalized spacial score (nSPS) is 29.5. The number of benzene rings is 1. The lowest BCUT2D eigenvalue weighted by atomic mass is 9.70. The molecule has 4 unspecified atom stereocenters. The van der Waals surface area contributed by atoms with Crippen molar-refractivity contribution in [1.29, 1.82) is 0 Å². The first-order chi connectivity index (χ1) is 13.3. The van der Waals surface area contributed by atoms with Crippen LogP contribution in [0.25, 0.3) is 0 Å². The molecule has 3 N–H and O–H groups in total. The summed E-state index contributed by atoms with van der Waals surface area (Å²) in [5.74, 6) is -2.53. The summed E-state index contributed by atoms with van der Waals surface area (Å²) in [6.45, 7) is 0. The summed E-state index contributed by atoms with van der Waals surface area (Å²) in [6, 6.07) is 1.33. The molecule has 1 aliphatic carbocycles. The average molecular weight is 459 g/mol. The van der Waals surface area contributed by atoms with Gasteiger partial charge in [0.15, 0.2) is 16.6 Å². The minimum Gasteiger partial charge on any atom is -0.492 e. The van der Waals surface area contributed by atoms with E-state index in [1.54, 1.807) is 0 Å². The van der Waals surface area contributed by atoms with Crippen molar-refractivity contribution in [3.63, 3.8) is 0 Å². The molecule has 0 bridgehead atoms. The first kappa shape index (κ1) is 22.6. The number of halogens is 4. The summed E-state index contributed by atoms with van der Waals surface area (Å²) in [5, 5.41) is 43.1. The summed E-state index contributed by atoms with van der Waals surface area (Å²) < 4.78 is 35.0. The molecule has 158 valence electrons. The van der Waals surface area contributed by atoms with E-state index >= 15 is 4.39 Å². The highest BCUT2D eigenvalue weighted by atomic mass is 35.5. The maximum Gasteiger partial charge on any atom is 0.353 e. The topological polar surface area (TPSA) is 185 Å². The van der Waals surface area contributed by atoms with Crippen LogP contribution in [0.3, 0.4) is 0 Å². The Balaban J connectivity index is 3.08. The van der Waals surface area contributed by atoms with Gasteiger partial charge < -0.3 is 9.84 Å². The van der Waals surface area contributed by atoms with Crippen LogP contribution in [0.5, 0.6) is 5.75 Å². The van der Waals surface area contributed by atoms with E-state index in [0.29, 0.717) is 6.07 Å². The Hall–Kier alpha value is -2.68. The Labute approximate surface area is 168 Å². The molecule has 0 heterocycles. The minimum absolute atomic E-state index is 0.427. The van der Waals surface area contributed by atoms with Gasteiger partial charge in [-0.3, -0.25) is 36.1 Å². The van der Waals surface area contributed by atoms with E-state index in [-0.39, 0.29) is 0 Å². The van der Waals surface area contributed by atoms with Crippen molar-refractivity contribution in [2.24, 2.45) is 5.73 Å². The van der Waals surface area contributed by atoms with Crippen molar-refractivity contribution in [1.82, 2.24) is 0 Å². The zero-order chi connectivity index (χ0) is 22.5. The first-order valence-electron chi connectivity index (χ1n) is 7.28. The van der Waals surface area contributed by atoms with E-state index in [9.17, 15) is 39.8 Å². The molecule has 0 aromatic heterocycles. The van der Waals surface area contributed by atoms with Crippen molar-refractivity contribution >= 4 is 23.2 Å². The Kier molecular flexibility index (Phi) is 5.68. The molecule has 2 rings (SSSR count). The second-order valence-electron chi connectivity index (χ2n) is 5.83. The predicted octanol–water partition coefficient (Wildman–Crippen LogP) is 1.33.